The van der Waals surface area contributed by atoms with Gasteiger partial charge in [-0.25, -0.2) is 8.42 Å². The van der Waals surface area contributed by atoms with Crippen LogP contribution in [-0.4, -0.2) is 54.7 Å². The third kappa shape index (κ3) is 4.10. The molecule has 1 aliphatic heterocycles. The highest BCUT2D eigenvalue weighted by Gasteiger charge is 2.40. The van der Waals surface area contributed by atoms with Crippen molar-refractivity contribution in [2.75, 3.05) is 19.6 Å². The van der Waals surface area contributed by atoms with Crippen molar-refractivity contribution >= 4 is 16.0 Å². The van der Waals surface area contributed by atoms with Crippen LogP contribution in [0.2, 0.25) is 0 Å². The standard InChI is InChI=1S/C16H24N2O4S/c1-12-11-17-8-9-18(12)23(21,22)13(2)15(16(19)20)10-14-6-4-3-5-7-14/h3-7,12-13,15,17H,8-11H2,1-2H3,(H,19,20). The number of hydrogen-bond acceptors (Lipinski definition) is 4. The molecule has 7 heteroatoms. The van der Waals surface area contributed by atoms with Crippen molar-refractivity contribution in [3.63, 3.8) is 0 Å². The molecule has 128 valence electrons. The molecule has 1 fully saturated rings. The maximum absolute atomic E-state index is 12.9. The van der Waals surface area contributed by atoms with Crippen molar-refractivity contribution in [2.24, 2.45) is 5.92 Å². The molecule has 0 saturated carbocycles. The smallest absolute Gasteiger partial charge is 0.308 e. The maximum atomic E-state index is 12.9. The van der Waals surface area contributed by atoms with Crippen LogP contribution in [0.4, 0.5) is 0 Å². The zero-order valence-corrected chi connectivity index (χ0v) is 14.3. The first-order valence-electron chi connectivity index (χ1n) is 7.82. The summed E-state index contributed by atoms with van der Waals surface area (Å²) < 4.78 is 27.2. The number of hydrogen-bond donors (Lipinski definition) is 2. The minimum atomic E-state index is -3.66. The van der Waals surface area contributed by atoms with E-state index in [1.54, 1.807) is 0 Å². The second-order valence-corrected chi connectivity index (χ2v) is 8.29. The minimum absolute atomic E-state index is 0.164. The summed E-state index contributed by atoms with van der Waals surface area (Å²) in [6.45, 7) is 4.90. The molecule has 1 aromatic rings. The lowest BCUT2D eigenvalue weighted by molar-refractivity contribution is -0.141. The van der Waals surface area contributed by atoms with E-state index in [4.69, 9.17) is 0 Å². The van der Waals surface area contributed by atoms with Crippen LogP contribution in [0.3, 0.4) is 0 Å². The first-order chi connectivity index (χ1) is 10.8. The first-order valence-corrected chi connectivity index (χ1v) is 9.32. The Labute approximate surface area is 137 Å². The van der Waals surface area contributed by atoms with Crippen LogP contribution in [-0.2, 0) is 21.2 Å². The minimum Gasteiger partial charge on any atom is -0.481 e. The van der Waals surface area contributed by atoms with Gasteiger partial charge >= 0.3 is 5.97 Å². The van der Waals surface area contributed by atoms with E-state index in [0.29, 0.717) is 19.6 Å². The summed E-state index contributed by atoms with van der Waals surface area (Å²) in [5.41, 5.74) is 0.829. The number of piperazine rings is 1. The summed E-state index contributed by atoms with van der Waals surface area (Å²) in [5.74, 6) is -2.04. The zero-order valence-electron chi connectivity index (χ0n) is 13.5. The van der Waals surface area contributed by atoms with Gasteiger partial charge < -0.3 is 10.4 Å². The number of carboxylic acids is 1. The monoisotopic (exact) mass is 340 g/mol. The van der Waals surface area contributed by atoms with Gasteiger partial charge in [-0.1, -0.05) is 30.3 Å². The molecule has 0 aliphatic carbocycles. The largest absolute Gasteiger partial charge is 0.481 e. The van der Waals surface area contributed by atoms with E-state index in [0.717, 1.165) is 5.56 Å². The Balaban J connectivity index is 2.22. The van der Waals surface area contributed by atoms with E-state index in [1.807, 2.05) is 37.3 Å². The van der Waals surface area contributed by atoms with Crippen LogP contribution < -0.4 is 5.32 Å². The number of sulfonamides is 1. The van der Waals surface area contributed by atoms with Gasteiger partial charge in [0.2, 0.25) is 10.0 Å². The van der Waals surface area contributed by atoms with E-state index in [1.165, 1.54) is 11.2 Å². The summed E-state index contributed by atoms with van der Waals surface area (Å²) in [6.07, 6.45) is 0.205. The molecule has 0 radical (unpaired) electrons. The van der Waals surface area contributed by atoms with Crippen LogP contribution in [0.25, 0.3) is 0 Å². The molecule has 0 bridgehead atoms. The number of nitrogens with one attached hydrogen (secondary N) is 1. The molecular weight excluding hydrogens is 316 g/mol. The quantitative estimate of drug-likeness (QED) is 0.805. The van der Waals surface area contributed by atoms with E-state index in [-0.39, 0.29) is 12.5 Å². The predicted octanol–water partition coefficient (Wildman–Crippen LogP) is 0.942. The Hall–Kier alpha value is -1.44. The van der Waals surface area contributed by atoms with Crippen molar-refractivity contribution in [1.82, 2.24) is 9.62 Å². The molecule has 6 nitrogen and oxygen atoms in total. The third-order valence-corrected chi connectivity index (χ3v) is 6.88. The normalized spacial score (nSPS) is 22.4. The first kappa shape index (κ1) is 17.9. The molecule has 1 heterocycles. The fourth-order valence-corrected chi connectivity index (χ4v) is 4.92. The average Bonchev–Trinajstić information content (AvgIpc) is 2.53. The van der Waals surface area contributed by atoms with Crippen molar-refractivity contribution < 1.29 is 18.3 Å². The van der Waals surface area contributed by atoms with E-state index in [9.17, 15) is 18.3 Å². The number of carbonyl (C=O) groups is 1. The van der Waals surface area contributed by atoms with Gasteiger partial charge in [0, 0.05) is 25.7 Å². The van der Waals surface area contributed by atoms with Crippen molar-refractivity contribution in [2.45, 2.75) is 31.6 Å². The average molecular weight is 340 g/mol. The number of benzene rings is 1. The number of nitrogens with zero attached hydrogens (tertiary/aromatic N) is 1. The molecule has 2 N–H and O–H groups in total. The molecule has 1 aliphatic rings. The van der Waals surface area contributed by atoms with Crippen LogP contribution >= 0.6 is 0 Å². The molecule has 0 amide bonds. The molecule has 0 aromatic heterocycles. The second kappa shape index (κ2) is 7.42. The second-order valence-electron chi connectivity index (χ2n) is 6.05. The van der Waals surface area contributed by atoms with Gasteiger partial charge in [-0.2, -0.15) is 4.31 Å². The fraction of sp³-hybridized carbons (Fsp3) is 0.562. The Morgan fingerprint density at radius 1 is 1.39 bits per heavy atom. The Bertz CT molecular complexity index is 633. The van der Waals surface area contributed by atoms with Crippen molar-refractivity contribution in [3.05, 3.63) is 35.9 Å². The fourth-order valence-electron chi connectivity index (χ4n) is 2.94. The molecule has 3 atom stereocenters. The molecule has 1 saturated heterocycles. The van der Waals surface area contributed by atoms with Crippen LogP contribution in [0, 0.1) is 5.92 Å². The Kier molecular flexibility index (Phi) is 5.78. The van der Waals surface area contributed by atoms with Gasteiger partial charge in [0.1, 0.15) is 0 Å². The number of aliphatic carboxylic acids is 1. The molecule has 23 heavy (non-hydrogen) atoms. The Morgan fingerprint density at radius 2 is 2.04 bits per heavy atom. The van der Waals surface area contributed by atoms with Gasteiger partial charge in [-0.05, 0) is 25.8 Å². The van der Waals surface area contributed by atoms with Gasteiger partial charge in [0.15, 0.2) is 0 Å². The lowest BCUT2D eigenvalue weighted by Gasteiger charge is -2.36. The van der Waals surface area contributed by atoms with E-state index in [2.05, 4.69) is 5.32 Å². The van der Waals surface area contributed by atoms with Gasteiger partial charge in [0.05, 0.1) is 11.2 Å². The van der Waals surface area contributed by atoms with Crippen LogP contribution in [0.15, 0.2) is 30.3 Å². The van der Waals surface area contributed by atoms with Gasteiger partial charge in [0.25, 0.3) is 0 Å². The maximum Gasteiger partial charge on any atom is 0.308 e. The molecular formula is C16H24N2O4S. The summed E-state index contributed by atoms with van der Waals surface area (Å²) in [5, 5.41) is 11.7. The summed E-state index contributed by atoms with van der Waals surface area (Å²) in [4.78, 5) is 11.7. The predicted molar refractivity (Wildman–Crippen MR) is 88.7 cm³/mol. The highest BCUT2D eigenvalue weighted by atomic mass is 32.2. The number of carboxylic acid groups (broad SMARTS) is 1. The lowest BCUT2D eigenvalue weighted by atomic mass is 9.97. The topological polar surface area (TPSA) is 86.7 Å². The van der Waals surface area contributed by atoms with Crippen LogP contribution in [0.5, 0.6) is 0 Å². The third-order valence-electron chi connectivity index (χ3n) is 4.42. The van der Waals surface area contributed by atoms with Gasteiger partial charge in [-0.3, -0.25) is 4.79 Å². The van der Waals surface area contributed by atoms with E-state index >= 15 is 0 Å². The van der Waals surface area contributed by atoms with Crippen molar-refractivity contribution in [1.29, 1.82) is 0 Å². The molecule has 3 unspecified atom stereocenters. The molecule has 2 rings (SSSR count). The summed E-state index contributed by atoms with van der Waals surface area (Å²) in [6, 6.07) is 8.98. The van der Waals surface area contributed by atoms with Crippen LogP contribution in [0.1, 0.15) is 19.4 Å². The molecule has 0 spiro atoms. The lowest BCUT2D eigenvalue weighted by Crippen LogP contribution is -2.55. The Morgan fingerprint density at radius 3 is 2.61 bits per heavy atom. The van der Waals surface area contributed by atoms with Crippen molar-refractivity contribution in [3.8, 4) is 0 Å². The highest BCUT2D eigenvalue weighted by molar-refractivity contribution is 7.89. The summed E-state index contributed by atoms with van der Waals surface area (Å²) >= 11 is 0. The highest BCUT2D eigenvalue weighted by Crippen LogP contribution is 2.23. The van der Waals surface area contributed by atoms with E-state index < -0.39 is 27.2 Å². The van der Waals surface area contributed by atoms with Gasteiger partial charge in [-0.15, -0.1) is 0 Å². The zero-order chi connectivity index (χ0) is 17.0. The molecule has 1 aromatic carbocycles. The summed E-state index contributed by atoms with van der Waals surface area (Å²) in [7, 11) is -3.66. The number of rotatable bonds is 6. The SMILES string of the molecule is CC1CNCCN1S(=O)(=O)C(C)C(Cc1ccccc1)C(=O)O.